The summed E-state index contributed by atoms with van der Waals surface area (Å²) < 4.78 is 11.1. The zero-order chi connectivity index (χ0) is 23.4. The van der Waals surface area contributed by atoms with Crippen LogP contribution in [0.4, 0.5) is 0 Å². The van der Waals surface area contributed by atoms with Crippen molar-refractivity contribution in [2.24, 2.45) is 17.8 Å². The highest BCUT2D eigenvalue weighted by Gasteiger charge is 2.72. The van der Waals surface area contributed by atoms with Crippen molar-refractivity contribution in [2.45, 2.75) is 81.6 Å². The fourth-order valence-corrected chi connectivity index (χ4v) is 7.86. The van der Waals surface area contributed by atoms with Gasteiger partial charge in [-0.05, 0) is 81.6 Å². The summed E-state index contributed by atoms with van der Waals surface area (Å²) in [5.74, 6) is 0.170. The van der Waals surface area contributed by atoms with Crippen LogP contribution in [0.3, 0.4) is 0 Å². The minimum absolute atomic E-state index is 0.0614. The monoisotopic (exact) mass is 459 g/mol. The van der Waals surface area contributed by atoms with Crippen LogP contribution in [0.25, 0.3) is 0 Å². The molecule has 2 aliphatic carbocycles. The van der Waals surface area contributed by atoms with Crippen molar-refractivity contribution in [3.63, 3.8) is 0 Å². The van der Waals surface area contributed by atoms with Crippen LogP contribution in [0, 0.1) is 17.8 Å². The minimum Gasteiger partial charge on any atom is -0.504 e. The van der Waals surface area contributed by atoms with Gasteiger partial charge in [-0.25, -0.2) is 0 Å². The van der Waals surface area contributed by atoms with Gasteiger partial charge in [0.2, 0.25) is 0 Å². The number of piperidine rings is 2. The lowest BCUT2D eigenvalue weighted by molar-refractivity contribution is -0.308. The molecule has 2 heterocycles. The second kappa shape index (κ2) is 8.43. The van der Waals surface area contributed by atoms with Gasteiger partial charge in [-0.2, -0.15) is 0 Å². The summed E-state index contributed by atoms with van der Waals surface area (Å²) >= 11 is 0. The number of rotatable bonds is 5. The molecule has 2 aliphatic heterocycles. The maximum atomic E-state index is 12.9. The molecule has 33 heavy (non-hydrogen) atoms. The number of methoxy groups -OCH3 is 1. The molecule has 1 spiro atoms. The Hall–Kier alpha value is -1.83. The van der Waals surface area contributed by atoms with Gasteiger partial charge >= 0.3 is 5.97 Å². The Morgan fingerprint density at radius 2 is 2.03 bits per heavy atom. The number of hydrogen-bond acceptors (Lipinski definition) is 7. The molecule has 1 aromatic rings. The van der Waals surface area contributed by atoms with Crippen molar-refractivity contribution < 1.29 is 29.6 Å². The van der Waals surface area contributed by atoms with Crippen molar-refractivity contribution in [3.8, 4) is 11.5 Å². The predicted octanol–water partition coefficient (Wildman–Crippen LogP) is 2.64. The molecular formula is C26H37NO6. The molecule has 4 fully saturated rings. The van der Waals surface area contributed by atoms with Gasteiger partial charge in [-0.3, -0.25) is 9.69 Å². The van der Waals surface area contributed by atoms with E-state index < -0.39 is 23.3 Å². The van der Waals surface area contributed by atoms with Gasteiger partial charge in [-0.1, -0.05) is 13.0 Å². The molecule has 7 nitrogen and oxygen atoms in total. The number of ether oxygens (including phenoxy) is 2. The quantitative estimate of drug-likeness (QED) is 0.582. The van der Waals surface area contributed by atoms with Gasteiger partial charge in [0, 0.05) is 18.3 Å². The summed E-state index contributed by atoms with van der Waals surface area (Å²) in [4.78, 5) is 15.4. The number of aliphatic hydroxyl groups excluding tert-OH is 1. The number of phenolic OH excluding ortho intramolecular Hbond substituents is 1. The van der Waals surface area contributed by atoms with Crippen LogP contribution >= 0.6 is 0 Å². The van der Waals surface area contributed by atoms with Crippen LogP contribution in [0.2, 0.25) is 0 Å². The van der Waals surface area contributed by atoms with E-state index in [1.807, 2.05) is 0 Å². The molecule has 3 N–H and O–H groups in total. The van der Waals surface area contributed by atoms with E-state index >= 15 is 0 Å². The number of carbonyl (C=O) groups is 1. The summed E-state index contributed by atoms with van der Waals surface area (Å²) in [6.45, 7) is 4.19. The van der Waals surface area contributed by atoms with Gasteiger partial charge in [0.15, 0.2) is 11.5 Å². The van der Waals surface area contributed by atoms with Crippen LogP contribution in [-0.2, 0) is 16.0 Å². The maximum Gasteiger partial charge on any atom is 0.306 e. The number of carbonyl (C=O) groups excluding carboxylic acids is 1. The van der Waals surface area contributed by atoms with Crippen molar-refractivity contribution in [1.29, 1.82) is 0 Å². The van der Waals surface area contributed by atoms with E-state index in [0.29, 0.717) is 24.5 Å². The Bertz CT molecular complexity index is 905. The average Bonchev–Trinajstić information content (AvgIpc) is 2.79. The van der Waals surface area contributed by atoms with Crippen LogP contribution in [-0.4, -0.2) is 69.7 Å². The Labute approximate surface area is 195 Å². The highest BCUT2D eigenvalue weighted by Crippen LogP contribution is 2.62. The molecule has 0 amide bonds. The Morgan fingerprint density at radius 1 is 1.24 bits per heavy atom. The molecule has 2 saturated carbocycles. The van der Waals surface area contributed by atoms with Crippen molar-refractivity contribution in [1.82, 2.24) is 4.90 Å². The molecule has 1 aromatic carbocycles. The summed E-state index contributed by atoms with van der Waals surface area (Å²) in [5, 5.41) is 33.5. The molecule has 0 aromatic heterocycles. The van der Waals surface area contributed by atoms with Crippen LogP contribution in [0.1, 0.15) is 57.4 Å². The third-order valence-electron chi connectivity index (χ3n) is 9.06. The third kappa shape index (κ3) is 3.46. The first-order valence-electron chi connectivity index (χ1n) is 12.5. The largest absolute Gasteiger partial charge is 0.504 e. The zero-order valence-electron chi connectivity index (χ0n) is 19.7. The normalized spacial score (nSPS) is 40.1. The van der Waals surface area contributed by atoms with Crippen molar-refractivity contribution in [2.75, 3.05) is 20.2 Å². The van der Waals surface area contributed by atoms with E-state index in [0.717, 1.165) is 50.8 Å². The van der Waals surface area contributed by atoms with Crippen LogP contribution in [0.15, 0.2) is 18.2 Å². The summed E-state index contributed by atoms with van der Waals surface area (Å²) in [6, 6.07) is 5.04. The minimum atomic E-state index is -0.919. The molecule has 2 bridgehead atoms. The average molecular weight is 460 g/mol. The van der Waals surface area contributed by atoms with Gasteiger partial charge in [0.25, 0.3) is 0 Å². The number of nitrogens with zero attached hydrogens (tertiary/aromatic N) is 1. The first kappa shape index (κ1) is 22.9. The predicted molar refractivity (Wildman–Crippen MR) is 122 cm³/mol. The van der Waals surface area contributed by atoms with Gasteiger partial charge < -0.3 is 24.8 Å². The van der Waals surface area contributed by atoms with E-state index in [2.05, 4.69) is 11.8 Å². The first-order chi connectivity index (χ1) is 15.8. The van der Waals surface area contributed by atoms with Gasteiger partial charge in [0.05, 0.1) is 24.4 Å². The Balaban J connectivity index is 1.36. The van der Waals surface area contributed by atoms with Gasteiger partial charge in [0.1, 0.15) is 6.10 Å². The lowest BCUT2D eigenvalue weighted by atomic mass is 9.45. The van der Waals surface area contributed by atoms with Crippen molar-refractivity contribution in [3.05, 3.63) is 23.8 Å². The molecule has 7 heteroatoms. The van der Waals surface area contributed by atoms with E-state index in [4.69, 9.17) is 9.47 Å². The van der Waals surface area contributed by atoms with E-state index in [9.17, 15) is 20.1 Å². The molecule has 0 unspecified atom stereocenters. The number of aliphatic hydroxyl groups is 2. The molecule has 7 atom stereocenters. The smallest absolute Gasteiger partial charge is 0.306 e. The molecule has 5 rings (SSSR count). The lowest BCUT2D eigenvalue weighted by Gasteiger charge is -2.72. The second-order valence-corrected chi connectivity index (χ2v) is 10.8. The summed E-state index contributed by atoms with van der Waals surface area (Å²) in [6.07, 6.45) is 4.39. The highest BCUT2D eigenvalue weighted by atomic mass is 16.6. The van der Waals surface area contributed by atoms with Crippen molar-refractivity contribution >= 4 is 5.97 Å². The number of benzene rings is 1. The standard InChI is InChI=1S/C26H37NO6/c1-16-13-19-24(33-22(29)9-7-17-6-8-20(28)21(14-17)32-2)23(30)18-5-3-11-27-12-4-10-26(19,31)25(18,27)15-16/h6,8,14,16,18-19,23-24,28,30-31H,3-5,7,9-13,15H2,1-2H3/t16-,18+,19-,23+,24-,25-,26-/m0/s1. The number of esters is 1. The Morgan fingerprint density at radius 3 is 2.82 bits per heavy atom. The van der Waals surface area contributed by atoms with E-state index in [-0.39, 0.29) is 30.0 Å². The highest BCUT2D eigenvalue weighted by molar-refractivity contribution is 5.70. The molecule has 182 valence electrons. The second-order valence-electron chi connectivity index (χ2n) is 10.8. The first-order valence-corrected chi connectivity index (χ1v) is 12.5. The number of phenols is 1. The van der Waals surface area contributed by atoms with E-state index in [1.165, 1.54) is 7.11 Å². The summed E-state index contributed by atoms with van der Waals surface area (Å²) in [7, 11) is 1.49. The number of hydrogen-bond donors (Lipinski definition) is 3. The zero-order valence-corrected chi connectivity index (χ0v) is 19.7. The maximum absolute atomic E-state index is 12.9. The van der Waals surface area contributed by atoms with Gasteiger partial charge in [-0.15, -0.1) is 0 Å². The number of aryl methyl sites for hydroxylation is 1. The molecule has 0 radical (unpaired) electrons. The SMILES string of the molecule is COc1cc(CCC(=O)O[C@@H]2[C@H](O)[C@H]3CCCN4CCC[C@]5(O)[C@H]2C[C@H](C)C[C@@]345)ccc1O. The summed E-state index contributed by atoms with van der Waals surface area (Å²) in [5.41, 5.74) is -0.446. The fraction of sp³-hybridized carbons (Fsp3) is 0.731. The Kier molecular flexibility index (Phi) is 5.86. The molecule has 2 saturated heterocycles. The third-order valence-corrected chi connectivity index (χ3v) is 9.06. The number of aromatic hydroxyl groups is 1. The topological polar surface area (TPSA) is 99.5 Å². The van der Waals surface area contributed by atoms with Crippen LogP contribution in [0.5, 0.6) is 11.5 Å². The van der Waals surface area contributed by atoms with E-state index in [1.54, 1.807) is 18.2 Å². The van der Waals surface area contributed by atoms with Crippen LogP contribution < -0.4 is 4.74 Å². The molecular weight excluding hydrogens is 422 g/mol. The lowest BCUT2D eigenvalue weighted by Crippen LogP contribution is -2.83. The fourth-order valence-electron chi connectivity index (χ4n) is 7.86. The molecule has 4 aliphatic rings.